The minimum atomic E-state index is -2.73. The molecule has 1 N–H and O–H groups in total. The Morgan fingerprint density at radius 3 is 1.70 bits per heavy atom. The summed E-state index contributed by atoms with van der Waals surface area (Å²) < 4.78 is 25.2. The second-order valence-electron chi connectivity index (χ2n) is 5.89. The van der Waals surface area contributed by atoms with Crippen molar-refractivity contribution in [3.8, 4) is 0 Å². The summed E-state index contributed by atoms with van der Waals surface area (Å²) >= 11 is 0. The van der Waals surface area contributed by atoms with Gasteiger partial charge in [-0.25, -0.2) is 0 Å². The van der Waals surface area contributed by atoms with Crippen molar-refractivity contribution in [1.82, 2.24) is 0 Å². The zero-order chi connectivity index (χ0) is 20.9. The minimum Gasteiger partial charge on any atom is -0.463 e. The highest BCUT2D eigenvalue weighted by Gasteiger charge is 2.61. The van der Waals surface area contributed by atoms with Crippen LogP contribution in [0.25, 0.3) is 0 Å². The molecule has 11 heteroatoms. The predicted molar refractivity (Wildman–Crippen MR) is 83.8 cm³/mol. The summed E-state index contributed by atoms with van der Waals surface area (Å²) in [6, 6.07) is 0. The lowest BCUT2D eigenvalue weighted by Crippen LogP contribution is -2.70. The minimum absolute atomic E-state index is 0.534. The maximum atomic E-state index is 12.0. The van der Waals surface area contributed by atoms with E-state index in [0.717, 1.165) is 34.6 Å². The molecule has 0 saturated carbocycles. The van der Waals surface area contributed by atoms with Crippen molar-refractivity contribution < 1.29 is 52.8 Å². The molecular weight excluding hydrogens is 368 g/mol. The van der Waals surface area contributed by atoms with Crippen LogP contribution in [0.4, 0.5) is 0 Å². The number of Topliss-reactive ketones (excluding diaryl/α,β-unsaturated/α-hetero) is 1. The summed E-state index contributed by atoms with van der Waals surface area (Å²) in [6.07, 6.45) is -6.24. The van der Waals surface area contributed by atoms with Gasteiger partial charge in [-0.1, -0.05) is 0 Å². The lowest BCUT2D eigenvalue weighted by molar-refractivity contribution is -0.334. The Labute approximate surface area is 154 Å². The van der Waals surface area contributed by atoms with Crippen molar-refractivity contribution in [1.29, 1.82) is 0 Å². The van der Waals surface area contributed by atoms with Gasteiger partial charge in [0, 0.05) is 34.6 Å². The van der Waals surface area contributed by atoms with Gasteiger partial charge >= 0.3 is 23.9 Å². The fourth-order valence-corrected chi connectivity index (χ4v) is 2.56. The van der Waals surface area contributed by atoms with Gasteiger partial charge in [0.05, 0.1) is 0 Å². The average molecular weight is 390 g/mol. The van der Waals surface area contributed by atoms with Gasteiger partial charge in [-0.2, -0.15) is 0 Å². The second kappa shape index (κ2) is 8.91. The van der Waals surface area contributed by atoms with Crippen molar-refractivity contribution in [2.75, 3.05) is 6.61 Å². The van der Waals surface area contributed by atoms with E-state index in [9.17, 15) is 29.1 Å². The van der Waals surface area contributed by atoms with Crippen molar-refractivity contribution >= 4 is 29.7 Å². The molecule has 1 aliphatic heterocycles. The molecule has 0 aromatic rings. The molecule has 0 radical (unpaired) electrons. The lowest BCUT2D eigenvalue weighted by atomic mass is 9.89. The first-order valence-corrected chi connectivity index (χ1v) is 7.94. The molecule has 0 unspecified atom stereocenters. The normalized spacial score (nSPS) is 30.0. The standard InChI is InChI=1S/C16H22O11/c1-7(17)16(22)15(26-11(5)21)14(25-10(4)20)13(24-9(3)19)12(27-16)6-23-8(2)18/h12-15,22H,6H2,1-5H3/t12-,13+,14+,15-,16-/m0/s1. The molecule has 0 amide bonds. The van der Waals surface area contributed by atoms with Crippen LogP contribution in [0.15, 0.2) is 0 Å². The number of ketones is 1. The van der Waals surface area contributed by atoms with Gasteiger partial charge in [-0.3, -0.25) is 24.0 Å². The zero-order valence-electron chi connectivity index (χ0n) is 15.5. The Morgan fingerprint density at radius 1 is 0.815 bits per heavy atom. The third kappa shape index (κ3) is 5.73. The fourth-order valence-electron chi connectivity index (χ4n) is 2.56. The monoisotopic (exact) mass is 390 g/mol. The summed E-state index contributed by atoms with van der Waals surface area (Å²) in [5.41, 5.74) is 0. The molecular formula is C16H22O11. The molecule has 1 rings (SSSR count). The molecule has 0 aromatic carbocycles. The number of hydrogen-bond acceptors (Lipinski definition) is 11. The summed E-state index contributed by atoms with van der Waals surface area (Å²) in [5.74, 6) is -7.01. The second-order valence-corrected chi connectivity index (χ2v) is 5.89. The van der Waals surface area contributed by atoms with E-state index in [1.165, 1.54) is 0 Å². The zero-order valence-corrected chi connectivity index (χ0v) is 15.5. The molecule has 0 aromatic heterocycles. The third-order valence-electron chi connectivity index (χ3n) is 3.56. The van der Waals surface area contributed by atoms with E-state index >= 15 is 0 Å². The summed E-state index contributed by atoms with van der Waals surface area (Å²) in [4.78, 5) is 57.6. The van der Waals surface area contributed by atoms with E-state index < -0.39 is 66.5 Å². The lowest BCUT2D eigenvalue weighted by Gasteiger charge is -2.47. The van der Waals surface area contributed by atoms with E-state index in [2.05, 4.69) is 0 Å². The van der Waals surface area contributed by atoms with Gasteiger partial charge in [-0.15, -0.1) is 0 Å². The predicted octanol–water partition coefficient (Wildman–Crippen LogP) is -0.979. The van der Waals surface area contributed by atoms with Crippen LogP contribution in [-0.4, -0.2) is 71.6 Å². The fraction of sp³-hybridized carbons (Fsp3) is 0.688. The highest BCUT2D eigenvalue weighted by atomic mass is 16.7. The molecule has 5 atom stereocenters. The SMILES string of the molecule is CC(=O)OC[C@@H]1O[C@@](O)(C(C)=O)[C@@H](OC(C)=O)[C@H](OC(C)=O)[C@@H]1OC(C)=O. The number of rotatable bonds is 6. The largest absolute Gasteiger partial charge is 0.463 e. The molecule has 0 bridgehead atoms. The Kier molecular flexibility index (Phi) is 7.43. The summed E-state index contributed by atoms with van der Waals surface area (Å²) in [5, 5.41) is 10.7. The maximum Gasteiger partial charge on any atom is 0.303 e. The summed E-state index contributed by atoms with van der Waals surface area (Å²) in [7, 11) is 0. The van der Waals surface area contributed by atoms with E-state index in [1.54, 1.807) is 0 Å². The van der Waals surface area contributed by atoms with Gasteiger partial charge in [0.25, 0.3) is 5.79 Å². The van der Waals surface area contributed by atoms with Gasteiger partial charge in [0.15, 0.2) is 18.0 Å². The number of esters is 4. The smallest absolute Gasteiger partial charge is 0.303 e. The van der Waals surface area contributed by atoms with Crippen LogP contribution < -0.4 is 0 Å². The van der Waals surface area contributed by atoms with E-state index in [0.29, 0.717) is 0 Å². The topological polar surface area (TPSA) is 152 Å². The Balaban J connectivity index is 3.43. The number of hydrogen-bond donors (Lipinski definition) is 1. The maximum absolute atomic E-state index is 12.0. The van der Waals surface area contributed by atoms with Crippen LogP contribution >= 0.6 is 0 Å². The first-order valence-electron chi connectivity index (χ1n) is 7.94. The number of ether oxygens (including phenoxy) is 5. The number of aliphatic hydroxyl groups is 1. The molecule has 0 aliphatic carbocycles. The molecule has 1 heterocycles. The number of carbonyl (C=O) groups excluding carboxylic acids is 5. The van der Waals surface area contributed by atoms with Crippen LogP contribution in [-0.2, 0) is 47.7 Å². The Hall–Kier alpha value is -2.53. The Bertz CT molecular complexity index is 628. The van der Waals surface area contributed by atoms with E-state index in [-0.39, 0.29) is 0 Å². The highest BCUT2D eigenvalue weighted by molar-refractivity contribution is 5.85. The number of carbonyl (C=O) groups is 5. The molecule has 152 valence electrons. The molecule has 11 nitrogen and oxygen atoms in total. The van der Waals surface area contributed by atoms with E-state index in [4.69, 9.17) is 23.7 Å². The van der Waals surface area contributed by atoms with E-state index in [1.807, 2.05) is 0 Å². The third-order valence-corrected chi connectivity index (χ3v) is 3.56. The van der Waals surface area contributed by atoms with Gasteiger partial charge < -0.3 is 28.8 Å². The molecule has 1 fully saturated rings. The molecule has 1 saturated heterocycles. The van der Waals surface area contributed by atoms with Crippen LogP contribution in [0.5, 0.6) is 0 Å². The van der Waals surface area contributed by atoms with Crippen LogP contribution in [0.3, 0.4) is 0 Å². The van der Waals surface area contributed by atoms with Crippen molar-refractivity contribution in [2.24, 2.45) is 0 Å². The molecule has 0 spiro atoms. The summed E-state index contributed by atoms with van der Waals surface area (Å²) in [6.45, 7) is 4.60. The quantitative estimate of drug-likeness (QED) is 0.440. The van der Waals surface area contributed by atoms with Gasteiger partial charge in [0.1, 0.15) is 12.7 Å². The van der Waals surface area contributed by atoms with Gasteiger partial charge in [-0.05, 0) is 0 Å². The first-order chi connectivity index (χ1) is 12.4. The average Bonchev–Trinajstić information content (AvgIpc) is 2.50. The van der Waals surface area contributed by atoms with Crippen LogP contribution in [0, 0.1) is 0 Å². The van der Waals surface area contributed by atoms with Crippen molar-refractivity contribution in [3.05, 3.63) is 0 Å². The molecule has 27 heavy (non-hydrogen) atoms. The van der Waals surface area contributed by atoms with Crippen molar-refractivity contribution in [2.45, 2.75) is 64.8 Å². The Morgan fingerprint density at radius 2 is 1.30 bits per heavy atom. The van der Waals surface area contributed by atoms with Crippen molar-refractivity contribution in [3.63, 3.8) is 0 Å². The highest BCUT2D eigenvalue weighted by Crippen LogP contribution is 2.35. The van der Waals surface area contributed by atoms with Gasteiger partial charge in [0.2, 0.25) is 6.10 Å². The van der Waals surface area contributed by atoms with Crippen LogP contribution in [0.1, 0.15) is 34.6 Å². The van der Waals surface area contributed by atoms with Crippen LogP contribution in [0.2, 0.25) is 0 Å². The first kappa shape index (κ1) is 22.5. The molecule has 1 aliphatic rings.